The molecule has 0 aromatic heterocycles. The van der Waals surface area contributed by atoms with Gasteiger partial charge in [0.2, 0.25) is 0 Å². The molecule has 7 unspecified atom stereocenters. The van der Waals surface area contributed by atoms with Crippen molar-refractivity contribution in [3.05, 3.63) is 12.2 Å². The Bertz CT molecular complexity index is 479. The molecule has 7 atom stereocenters. The standard InChI is InChI=1S/C19H29N3O/c20-11-13-8-15(14-4-3-7-21-12-14)10-16(9-13)19-22-17-5-1-2-6-18(17)23-19/h2,6,13-19,21-22H,1,3-5,7-10,12H2. The zero-order chi connectivity index (χ0) is 15.6. The van der Waals surface area contributed by atoms with Crippen molar-refractivity contribution < 1.29 is 4.74 Å². The summed E-state index contributed by atoms with van der Waals surface area (Å²) in [4.78, 5) is 0. The number of nitrogens with one attached hydrogen (secondary N) is 2. The number of hydrogen-bond donors (Lipinski definition) is 2. The minimum atomic E-state index is 0.156. The predicted molar refractivity (Wildman–Crippen MR) is 89.5 cm³/mol. The summed E-state index contributed by atoms with van der Waals surface area (Å²) >= 11 is 0. The first-order valence-corrected chi connectivity index (χ1v) is 9.52. The third kappa shape index (κ3) is 3.33. The lowest BCUT2D eigenvalue weighted by molar-refractivity contribution is -0.0113. The van der Waals surface area contributed by atoms with Gasteiger partial charge in [-0.1, -0.05) is 12.2 Å². The van der Waals surface area contributed by atoms with Crippen LogP contribution in [0.4, 0.5) is 0 Å². The van der Waals surface area contributed by atoms with Gasteiger partial charge in [-0.05, 0) is 69.9 Å². The highest BCUT2D eigenvalue weighted by atomic mass is 16.5. The fraction of sp³-hybridized carbons (Fsp3) is 0.842. The second-order valence-corrected chi connectivity index (χ2v) is 7.96. The van der Waals surface area contributed by atoms with E-state index in [4.69, 9.17) is 4.74 Å². The highest BCUT2D eigenvalue weighted by Crippen LogP contribution is 2.42. The summed E-state index contributed by atoms with van der Waals surface area (Å²) in [5.41, 5.74) is 0. The van der Waals surface area contributed by atoms with E-state index in [1.54, 1.807) is 0 Å². The summed E-state index contributed by atoms with van der Waals surface area (Å²) in [5, 5.41) is 16.8. The summed E-state index contributed by atoms with van der Waals surface area (Å²) in [6.07, 6.45) is 13.2. The van der Waals surface area contributed by atoms with Crippen LogP contribution < -0.4 is 10.6 Å². The van der Waals surface area contributed by atoms with Crippen molar-refractivity contribution >= 4 is 0 Å². The van der Waals surface area contributed by atoms with Gasteiger partial charge in [0.15, 0.2) is 0 Å². The Morgan fingerprint density at radius 1 is 1.09 bits per heavy atom. The molecule has 4 heteroatoms. The Labute approximate surface area is 139 Å². The van der Waals surface area contributed by atoms with Gasteiger partial charge in [0.1, 0.15) is 6.23 Å². The molecule has 2 aliphatic heterocycles. The van der Waals surface area contributed by atoms with Gasteiger partial charge in [-0.15, -0.1) is 0 Å². The molecule has 0 amide bonds. The minimum absolute atomic E-state index is 0.156. The van der Waals surface area contributed by atoms with Crippen LogP contribution in [0.15, 0.2) is 12.2 Å². The van der Waals surface area contributed by atoms with Gasteiger partial charge in [0.25, 0.3) is 0 Å². The Hall–Kier alpha value is -0.890. The molecule has 4 nitrogen and oxygen atoms in total. The highest BCUT2D eigenvalue weighted by Gasteiger charge is 2.42. The molecule has 4 rings (SSSR count). The van der Waals surface area contributed by atoms with Crippen molar-refractivity contribution in [3.63, 3.8) is 0 Å². The molecule has 0 spiro atoms. The molecular formula is C19H29N3O. The van der Waals surface area contributed by atoms with Crippen molar-refractivity contribution in [1.82, 2.24) is 10.6 Å². The van der Waals surface area contributed by atoms with Gasteiger partial charge in [-0.25, -0.2) is 0 Å². The Morgan fingerprint density at radius 3 is 2.78 bits per heavy atom. The number of nitrogens with zero attached hydrogens (tertiary/aromatic N) is 1. The van der Waals surface area contributed by atoms with Crippen molar-refractivity contribution in [2.75, 3.05) is 13.1 Å². The lowest BCUT2D eigenvalue weighted by Gasteiger charge is -2.40. The fourth-order valence-electron chi connectivity index (χ4n) is 5.22. The number of piperidine rings is 1. The topological polar surface area (TPSA) is 57.1 Å². The largest absolute Gasteiger partial charge is 0.354 e. The summed E-state index contributed by atoms with van der Waals surface area (Å²) in [7, 11) is 0. The number of ether oxygens (including phenoxy) is 1. The maximum Gasteiger partial charge on any atom is 0.112 e. The molecule has 0 aromatic carbocycles. The lowest BCUT2D eigenvalue weighted by atomic mass is 9.68. The number of rotatable bonds is 2. The predicted octanol–water partition coefficient (Wildman–Crippen LogP) is 2.58. The van der Waals surface area contributed by atoms with Crippen LogP contribution in [0.25, 0.3) is 0 Å². The summed E-state index contributed by atoms with van der Waals surface area (Å²) in [6, 6.07) is 3.06. The normalized spacial score (nSPS) is 47.0. The maximum absolute atomic E-state index is 9.54. The summed E-state index contributed by atoms with van der Waals surface area (Å²) in [6.45, 7) is 2.31. The molecule has 0 aromatic rings. The third-order valence-corrected chi connectivity index (χ3v) is 6.44. The van der Waals surface area contributed by atoms with Crippen LogP contribution in [-0.4, -0.2) is 31.5 Å². The van der Waals surface area contributed by atoms with Crippen LogP contribution in [0, 0.1) is 35.0 Å². The second kappa shape index (κ2) is 6.93. The number of allylic oxidation sites excluding steroid dienone is 1. The lowest BCUT2D eigenvalue weighted by Crippen LogP contribution is -2.43. The zero-order valence-electron chi connectivity index (χ0n) is 13.9. The molecule has 0 radical (unpaired) electrons. The molecule has 126 valence electrons. The third-order valence-electron chi connectivity index (χ3n) is 6.44. The van der Waals surface area contributed by atoms with Gasteiger partial charge in [-0.3, -0.25) is 5.32 Å². The van der Waals surface area contributed by atoms with E-state index in [1.807, 2.05) is 0 Å². The minimum Gasteiger partial charge on any atom is -0.354 e. The van der Waals surface area contributed by atoms with Gasteiger partial charge < -0.3 is 10.1 Å². The summed E-state index contributed by atoms with van der Waals surface area (Å²) < 4.78 is 6.31. The van der Waals surface area contributed by atoms with Crippen LogP contribution in [-0.2, 0) is 4.74 Å². The van der Waals surface area contributed by atoms with Crippen molar-refractivity contribution in [3.8, 4) is 6.07 Å². The van der Waals surface area contributed by atoms with Crippen LogP contribution in [0.1, 0.15) is 44.9 Å². The molecule has 2 heterocycles. The van der Waals surface area contributed by atoms with Crippen molar-refractivity contribution in [2.45, 2.75) is 63.3 Å². The quantitative estimate of drug-likeness (QED) is 0.769. The van der Waals surface area contributed by atoms with E-state index in [0.717, 1.165) is 38.3 Å². The number of nitriles is 1. The smallest absolute Gasteiger partial charge is 0.112 e. The van der Waals surface area contributed by atoms with Crippen LogP contribution >= 0.6 is 0 Å². The van der Waals surface area contributed by atoms with Crippen molar-refractivity contribution in [1.29, 1.82) is 5.26 Å². The van der Waals surface area contributed by atoms with Gasteiger partial charge in [0, 0.05) is 17.9 Å². The van der Waals surface area contributed by atoms with Crippen molar-refractivity contribution in [2.24, 2.45) is 23.7 Å². The molecule has 3 fully saturated rings. The van der Waals surface area contributed by atoms with Gasteiger partial charge >= 0.3 is 0 Å². The van der Waals surface area contributed by atoms with E-state index in [1.165, 1.54) is 25.7 Å². The van der Waals surface area contributed by atoms with E-state index in [0.29, 0.717) is 17.9 Å². The summed E-state index contributed by atoms with van der Waals surface area (Å²) in [5.74, 6) is 2.16. The molecule has 1 saturated carbocycles. The van der Waals surface area contributed by atoms with Crippen LogP contribution in [0.5, 0.6) is 0 Å². The van der Waals surface area contributed by atoms with Crippen LogP contribution in [0.2, 0.25) is 0 Å². The average Bonchev–Trinajstić information content (AvgIpc) is 3.06. The Kier molecular flexibility index (Phi) is 4.71. The second-order valence-electron chi connectivity index (χ2n) is 7.96. The molecule has 4 aliphatic rings. The molecule has 2 saturated heterocycles. The molecule has 2 aliphatic carbocycles. The Balaban J connectivity index is 1.43. The van der Waals surface area contributed by atoms with Gasteiger partial charge in [-0.2, -0.15) is 5.26 Å². The first-order valence-electron chi connectivity index (χ1n) is 9.52. The first-order chi connectivity index (χ1) is 11.3. The molecule has 2 N–H and O–H groups in total. The van der Waals surface area contributed by atoms with E-state index >= 15 is 0 Å². The van der Waals surface area contributed by atoms with Gasteiger partial charge in [0.05, 0.1) is 12.2 Å². The fourth-order valence-corrected chi connectivity index (χ4v) is 5.22. The maximum atomic E-state index is 9.54. The van der Waals surface area contributed by atoms with E-state index in [9.17, 15) is 5.26 Å². The molecule has 23 heavy (non-hydrogen) atoms. The first kappa shape index (κ1) is 15.6. The van der Waals surface area contributed by atoms with E-state index in [-0.39, 0.29) is 18.2 Å². The highest BCUT2D eigenvalue weighted by molar-refractivity contribution is 5.06. The van der Waals surface area contributed by atoms with E-state index < -0.39 is 0 Å². The Morgan fingerprint density at radius 2 is 2.00 bits per heavy atom. The monoisotopic (exact) mass is 315 g/mol. The number of hydrogen-bond acceptors (Lipinski definition) is 4. The molecule has 0 bridgehead atoms. The molecular weight excluding hydrogens is 286 g/mol. The van der Waals surface area contributed by atoms with E-state index in [2.05, 4.69) is 28.9 Å². The zero-order valence-corrected chi connectivity index (χ0v) is 13.9. The SMILES string of the molecule is N#CC1CC(C2CCCNC2)CC(C2NC3CCC=CC3O2)C1. The number of fused-ring (bicyclic) bond motifs is 1. The van der Waals surface area contributed by atoms with Crippen LogP contribution in [0.3, 0.4) is 0 Å². The average molecular weight is 315 g/mol.